The summed E-state index contributed by atoms with van der Waals surface area (Å²) in [5, 5.41) is 9.72. The third-order valence-electron chi connectivity index (χ3n) is 5.60. The van der Waals surface area contributed by atoms with Crippen LogP contribution < -0.4 is 5.46 Å². The minimum absolute atomic E-state index is 0.292. The molecular formula is C22H26BNO4S. The monoisotopic (exact) mass is 411 g/mol. The maximum Gasteiger partial charge on any atom is 0.494 e. The first-order chi connectivity index (χ1) is 13.6. The number of rotatable bonds is 5. The number of carbonyl (C=O) groups is 1. The predicted molar refractivity (Wildman–Crippen MR) is 116 cm³/mol. The van der Waals surface area contributed by atoms with E-state index >= 15 is 0 Å². The average Bonchev–Trinajstić information content (AvgIpc) is 3.15. The van der Waals surface area contributed by atoms with Crippen molar-refractivity contribution in [2.45, 2.75) is 59.2 Å². The van der Waals surface area contributed by atoms with Gasteiger partial charge in [0.2, 0.25) is 0 Å². The molecule has 0 spiro atoms. The van der Waals surface area contributed by atoms with Crippen molar-refractivity contribution in [1.29, 1.82) is 5.26 Å². The number of ether oxygens (including phenoxy) is 1. The maximum atomic E-state index is 12.5. The molecule has 1 aromatic carbocycles. The number of hydrogen-bond donors (Lipinski definition) is 0. The van der Waals surface area contributed by atoms with Crippen molar-refractivity contribution < 1.29 is 18.8 Å². The first-order valence-corrected chi connectivity index (χ1v) is 10.7. The second-order valence-electron chi connectivity index (χ2n) is 8.00. The highest BCUT2D eigenvalue weighted by Crippen LogP contribution is 2.38. The number of carbonyl (C=O) groups excluding carboxylic acids is 1. The smallest absolute Gasteiger partial charge is 0.462 e. The fourth-order valence-corrected chi connectivity index (χ4v) is 4.35. The fraction of sp³-hybridized carbons (Fsp3) is 0.455. The Morgan fingerprint density at radius 2 is 1.72 bits per heavy atom. The molecular weight excluding hydrogens is 385 g/mol. The molecule has 2 heterocycles. The number of hydrogen-bond acceptors (Lipinski definition) is 6. The van der Waals surface area contributed by atoms with Crippen molar-refractivity contribution in [3.8, 4) is 17.2 Å². The molecule has 0 N–H and O–H groups in total. The quantitative estimate of drug-likeness (QED) is 0.541. The lowest BCUT2D eigenvalue weighted by atomic mass is 9.78. The minimum atomic E-state index is -0.456. The molecule has 0 saturated carbocycles. The number of aryl methyl sites for hydroxylation is 1. The lowest BCUT2D eigenvalue weighted by Crippen LogP contribution is -2.41. The van der Waals surface area contributed by atoms with Gasteiger partial charge in [0.1, 0.15) is 10.9 Å². The van der Waals surface area contributed by atoms with E-state index in [1.807, 2.05) is 58.9 Å². The van der Waals surface area contributed by atoms with Crippen LogP contribution in [-0.2, 0) is 20.5 Å². The summed E-state index contributed by atoms with van der Waals surface area (Å²) in [6.45, 7) is 12.1. The Morgan fingerprint density at radius 1 is 1.14 bits per heavy atom. The molecule has 1 aliphatic heterocycles. The van der Waals surface area contributed by atoms with Crippen molar-refractivity contribution in [3.63, 3.8) is 0 Å². The lowest BCUT2D eigenvalue weighted by molar-refractivity contribution is 0.00578. The molecule has 1 aliphatic rings. The molecule has 0 atom stereocenters. The summed E-state index contributed by atoms with van der Waals surface area (Å²) in [5.74, 6) is -0.390. The van der Waals surface area contributed by atoms with Crippen LogP contribution in [0.25, 0.3) is 11.1 Å². The highest BCUT2D eigenvalue weighted by Gasteiger charge is 2.51. The van der Waals surface area contributed by atoms with Gasteiger partial charge in [0.25, 0.3) is 0 Å². The summed E-state index contributed by atoms with van der Waals surface area (Å²) in [6, 6.07) is 9.95. The molecule has 3 rings (SSSR count). The summed E-state index contributed by atoms with van der Waals surface area (Å²) in [6.07, 6.45) is 0.686. The van der Waals surface area contributed by atoms with Crippen LogP contribution >= 0.6 is 11.3 Å². The zero-order valence-electron chi connectivity index (χ0n) is 17.8. The number of nitrogens with zero attached hydrogens (tertiary/aromatic N) is 1. The van der Waals surface area contributed by atoms with Crippen LogP contribution in [0.15, 0.2) is 24.3 Å². The van der Waals surface area contributed by atoms with E-state index in [1.165, 1.54) is 11.3 Å². The molecule has 7 heteroatoms. The van der Waals surface area contributed by atoms with Crippen molar-refractivity contribution in [2.75, 3.05) is 6.61 Å². The molecule has 152 valence electrons. The Labute approximate surface area is 176 Å². The van der Waals surface area contributed by atoms with Crippen LogP contribution in [0.4, 0.5) is 0 Å². The Morgan fingerprint density at radius 3 is 2.21 bits per heavy atom. The van der Waals surface area contributed by atoms with Crippen LogP contribution in [0.1, 0.15) is 61.7 Å². The van der Waals surface area contributed by atoms with Gasteiger partial charge in [-0.2, -0.15) is 5.26 Å². The number of nitriles is 1. The number of thiophene rings is 1. The van der Waals surface area contributed by atoms with Gasteiger partial charge in [-0.25, -0.2) is 4.79 Å². The van der Waals surface area contributed by atoms with Gasteiger partial charge >= 0.3 is 13.1 Å². The molecule has 1 aromatic heterocycles. The van der Waals surface area contributed by atoms with Crippen molar-refractivity contribution in [1.82, 2.24) is 0 Å². The van der Waals surface area contributed by atoms with Gasteiger partial charge in [0.15, 0.2) is 0 Å². The highest BCUT2D eigenvalue weighted by molar-refractivity contribution is 7.14. The largest absolute Gasteiger partial charge is 0.494 e. The Bertz CT molecular complexity index is 940. The molecule has 1 fully saturated rings. The van der Waals surface area contributed by atoms with E-state index in [-0.39, 0.29) is 0 Å². The van der Waals surface area contributed by atoms with Crippen molar-refractivity contribution in [3.05, 3.63) is 39.6 Å². The van der Waals surface area contributed by atoms with Gasteiger partial charge < -0.3 is 14.0 Å². The Kier molecular flexibility index (Phi) is 5.91. The second-order valence-corrected chi connectivity index (χ2v) is 9.11. The van der Waals surface area contributed by atoms with Gasteiger partial charge in [0.05, 0.1) is 23.4 Å². The molecule has 0 amide bonds. The summed E-state index contributed by atoms with van der Waals surface area (Å²) < 4.78 is 17.4. The Hall–Kier alpha value is -2.14. The number of esters is 1. The van der Waals surface area contributed by atoms with Crippen molar-refractivity contribution in [2.24, 2.45) is 0 Å². The SMILES string of the molecule is CCOC(=O)c1sc(CC)c(C#N)c1-c1ccc(B2OC(C)(C)C(C)(C)O2)cc1. The predicted octanol–water partition coefficient (Wildman–Crippen LogP) is 4.33. The summed E-state index contributed by atoms with van der Waals surface area (Å²) in [4.78, 5) is 13.9. The lowest BCUT2D eigenvalue weighted by Gasteiger charge is -2.32. The molecule has 1 saturated heterocycles. The van der Waals surface area contributed by atoms with E-state index < -0.39 is 24.3 Å². The van der Waals surface area contributed by atoms with Gasteiger partial charge in [-0.15, -0.1) is 11.3 Å². The van der Waals surface area contributed by atoms with Crippen LogP contribution in [0.5, 0.6) is 0 Å². The van der Waals surface area contributed by atoms with Gasteiger partial charge in [0, 0.05) is 10.4 Å². The molecule has 5 nitrogen and oxygen atoms in total. The third-order valence-corrected chi connectivity index (χ3v) is 6.91. The number of benzene rings is 1. The van der Waals surface area contributed by atoms with Gasteiger partial charge in [-0.1, -0.05) is 31.2 Å². The highest BCUT2D eigenvalue weighted by atomic mass is 32.1. The summed E-state index contributed by atoms with van der Waals surface area (Å²) in [7, 11) is -0.456. The van der Waals surface area contributed by atoms with Crippen LogP contribution in [-0.4, -0.2) is 30.9 Å². The van der Waals surface area contributed by atoms with E-state index in [9.17, 15) is 10.1 Å². The van der Waals surface area contributed by atoms with Crippen molar-refractivity contribution >= 4 is 29.9 Å². The third kappa shape index (κ3) is 3.85. The topological polar surface area (TPSA) is 68.6 Å². The van der Waals surface area contributed by atoms with Gasteiger partial charge in [-0.3, -0.25) is 0 Å². The summed E-state index contributed by atoms with van der Waals surface area (Å²) in [5.41, 5.74) is 2.07. The minimum Gasteiger partial charge on any atom is -0.462 e. The molecule has 0 bridgehead atoms. The normalized spacial score (nSPS) is 17.2. The Balaban J connectivity index is 1.99. The van der Waals surface area contributed by atoms with Crippen LogP contribution in [0.2, 0.25) is 0 Å². The average molecular weight is 411 g/mol. The zero-order valence-corrected chi connectivity index (χ0v) is 18.6. The molecule has 2 aromatic rings. The molecule has 0 unspecified atom stereocenters. The standard InChI is InChI=1S/C22H26BNO4S/c1-7-17-16(13-24)18(19(29-17)20(25)26-8-2)14-9-11-15(12-10-14)23-27-21(3,4)22(5,6)28-23/h9-12H,7-8H2,1-6H3. The maximum absolute atomic E-state index is 12.5. The van der Waals surface area contributed by atoms with Crippen LogP contribution in [0, 0.1) is 11.3 Å². The molecule has 29 heavy (non-hydrogen) atoms. The van der Waals surface area contributed by atoms with Crippen LogP contribution in [0.3, 0.4) is 0 Å². The van der Waals surface area contributed by atoms with Gasteiger partial charge in [-0.05, 0) is 52.1 Å². The van der Waals surface area contributed by atoms with E-state index in [0.717, 1.165) is 15.9 Å². The molecule has 0 aliphatic carbocycles. The van der Waals surface area contributed by atoms with E-state index in [0.29, 0.717) is 29.0 Å². The van der Waals surface area contributed by atoms with E-state index in [1.54, 1.807) is 6.92 Å². The second kappa shape index (κ2) is 7.94. The molecule has 0 radical (unpaired) electrons. The first kappa shape index (κ1) is 21.6. The van der Waals surface area contributed by atoms with E-state index in [4.69, 9.17) is 14.0 Å². The summed E-state index contributed by atoms with van der Waals surface area (Å²) >= 11 is 1.34. The van der Waals surface area contributed by atoms with E-state index in [2.05, 4.69) is 6.07 Å². The zero-order chi connectivity index (χ0) is 21.4. The first-order valence-electron chi connectivity index (χ1n) is 9.84. The fourth-order valence-electron chi connectivity index (χ4n) is 3.25.